The molecule has 0 saturated heterocycles. The summed E-state index contributed by atoms with van der Waals surface area (Å²) in [6.07, 6.45) is 0.449. The van der Waals surface area contributed by atoms with Crippen molar-refractivity contribution in [3.63, 3.8) is 0 Å². The van der Waals surface area contributed by atoms with Gasteiger partial charge in [-0.2, -0.15) is 0 Å². The Labute approximate surface area is 86.1 Å². The smallest absolute Gasteiger partial charge is 0.234 e. The molecule has 0 aromatic heterocycles. The van der Waals surface area contributed by atoms with Crippen LogP contribution in [0.25, 0.3) is 0 Å². The van der Waals surface area contributed by atoms with E-state index in [1.54, 1.807) is 20.8 Å². The third-order valence-electron chi connectivity index (χ3n) is 2.22. The predicted molar refractivity (Wildman–Crippen MR) is 57.1 cm³/mol. The molecule has 1 atom stereocenters. The van der Waals surface area contributed by atoms with Crippen LogP contribution in [0.4, 0.5) is 0 Å². The average molecular weight is 202 g/mol. The van der Waals surface area contributed by atoms with Gasteiger partial charge < -0.3 is 15.7 Å². The van der Waals surface area contributed by atoms with Crippen molar-refractivity contribution in [2.75, 3.05) is 13.1 Å². The minimum absolute atomic E-state index is 0.0793. The maximum Gasteiger partial charge on any atom is 0.234 e. The van der Waals surface area contributed by atoms with Crippen LogP contribution in [0.2, 0.25) is 0 Å². The second-order valence-corrected chi connectivity index (χ2v) is 4.12. The number of hydrogen-bond donors (Lipinski definition) is 3. The zero-order valence-corrected chi connectivity index (χ0v) is 9.55. The van der Waals surface area contributed by atoms with Crippen LogP contribution < -0.4 is 10.6 Å². The molecule has 0 aromatic carbocycles. The molecule has 0 fully saturated rings. The van der Waals surface area contributed by atoms with Crippen molar-refractivity contribution in [3.8, 4) is 0 Å². The Hall–Kier alpha value is -0.610. The minimum atomic E-state index is -0.565. The number of nitrogens with one attached hydrogen (secondary N) is 2. The van der Waals surface area contributed by atoms with Gasteiger partial charge in [0.25, 0.3) is 0 Å². The van der Waals surface area contributed by atoms with Gasteiger partial charge in [-0.3, -0.25) is 4.79 Å². The van der Waals surface area contributed by atoms with E-state index in [0.717, 1.165) is 13.0 Å². The molecule has 1 unspecified atom stereocenters. The van der Waals surface area contributed by atoms with Crippen LogP contribution in [0.1, 0.15) is 34.1 Å². The summed E-state index contributed by atoms with van der Waals surface area (Å²) in [4.78, 5) is 11.4. The molecule has 0 aliphatic rings. The zero-order chi connectivity index (χ0) is 11.2. The quantitative estimate of drug-likeness (QED) is 0.541. The summed E-state index contributed by atoms with van der Waals surface area (Å²) in [6, 6.07) is 0. The lowest BCUT2D eigenvalue weighted by Gasteiger charge is -2.29. The summed E-state index contributed by atoms with van der Waals surface area (Å²) < 4.78 is 0. The molecule has 4 nitrogen and oxygen atoms in total. The SMILES string of the molecule is CCCNCC(=O)NC(C)(C)C(C)O. The van der Waals surface area contributed by atoms with E-state index in [4.69, 9.17) is 0 Å². The van der Waals surface area contributed by atoms with Crippen LogP contribution in [0, 0.1) is 0 Å². The van der Waals surface area contributed by atoms with Gasteiger partial charge in [-0.1, -0.05) is 6.92 Å². The van der Waals surface area contributed by atoms with Crippen LogP contribution in [-0.4, -0.2) is 35.7 Å². The van der Waals surface area contributed by atoms with Gasteiger partial charge in [0.1, 0.15) is 0 Å². The highest BCUT2D eigenvalue weighted by Gasteiger charge is 2.25. The predicted octanol–water partition coefficient (Wildman–Crippen LogP) is 0.262. The van der Waals surface area contributed by atoms with Gasteiger partial charge in [-0.25, -0.2) is 0 Å². The maximum atomic E-state index is 11.4. The van der Waals surface area contributed by atoms with Gasteiger partial charge in [0.2, 0.25) is 5.91 Å². The normalized spacial score (nSPS) is 13.8. The molecule has 1 amide bonds. The number of aliphatic hydroxyl groups is 1. The summed E-state index contributed by atoms with van der Waals surface area (Å²) in [7, 11) is 0. The Morgan fingerprint density at radius 3 is 2.50 bits per heavy atom. The molecule has 0 aliphatic heterocycles. The first-order valence-electron chi connectivity index (χ1n) is 5.10. The molecule has 0 saturated carbocycles. The van der Waals surface area contributed by atoms with Gasteiger partial charge in [0, 0.05) is 0 Å². The average Bonchev–Trinajstić information content (AvgIpc) is 2.03. The lowest BCUT2D eigenvalue weighted by molar-refractivity contribution is -0.123. The first-order chi connectivity index (χ1) is 6.40. The minimum Gasteiger partial charge on any atom is -0.391 e. The third kappa shape index (κ3) is 5.19. The molecular weight excluding hydrogens is 180 g/mol. The van der Waals surface area contributed by atoms with Crippen molar-refractivity contribution < 1.29 is 9.90 Å². The molecular formula is C10H22N2O2. The summed E-state index contributed by atoms with van der Waals surface area (Å²) in [6.45, 7) is 8.46. The lowest BCUT2D eigenvalue weighted by atomic mass is 9.99. The topological polar surface area (TPSA) is 61.4 Å². The number of hydrogen-bond acceptors (Lipinski definition) is 3. The molecule has 0 spiro atoms. The number of rotatable bonds is 6. The van der Waals surface area contributed by atoms with Gasteiger partial charge in [0.05, 0.1) is 18.2 Å². The van der Waals surface area contributed by atoms with Crippen molar-refractivity contribution in [1.82, 2.24) is 10.6 Å². The Morgan fingerprint density at radius 1 is 1.50 bits per heavy atom. The fourth-order valence-corrected chi connectivity index (χ4v) is 0.887. The zero-order valence-electron chi connectivity index (χ0n) is 9.55. The van der Waals surface area contributed by atoms with Crippen LogP contribution in [-0.2, 0) is 4.79 Å². The maximum absolute atomic E-state index is 11.4. The molecule has 0 rings (SSSR count). The molecule has 0 radical (unpaired) electrons. The van der Waals surface area contributed by atoms with Crippen LogP contribution in [0.5, 0.6) is 0 Å². The first-order valence-corrected chi connectivity index (χ1v) is 5.10. The second-order valence-electron chi connectivity index (χ2n) is 4.12. The number of carbonyl (C=O) groups is 1. The number of aliphatic hydroxyl groups excluding tert-OH is 1. The van der Waals surface area contributed by atoms with Gasteiger partial charge in [-0.05, 0) is 33.7 Å². The summed E-state index contributed by atoms with van der Waals surface area (Å²) in [5.41, 5.74) is -0.565. The van der Waals surface area contributed by atoms with E-state index in [-0.39, 0.29) is 5.91 Å². The Morgan fingerprint density at radius 2 is 2.07 bits per heavy atom. The van der Waals surface area contributed by atoms with Gasteiger partial charge in [0.15, 0.2) is 0 Å². The molecule has 0 heterocycles. The fourth-order valence-electron chi connectivity index (χ4n) is 0.887. The monoisotopic (exact) mass is 202 g/mol. The molecule has 0 aliphatic carbocycles. The Bertz CT molecular complexity index is 179. The van der Waals surface area contributed by atoms with E-state index in [9.17, 15) is 9.90 Å². The van der Waals surface area contributed by atoms with E-state index < -0.39 is 11.6 Å². The van der Waals surface area contributed by atoms with Crippen LogP contribution in [0.3, 0.4) is 0 Å². The van der Waals surface area contributed by atoms with Gasteiger partial charge >= 0.3 is 0 Å². The van der Waals surface area contributed by atoms with E-state index in [2.05, 4.69) is 10.6 Å². The van der Waals surface area contributed by atoms with Crippen molar-refractivity contribution in [3.05, 3.63) is 0 Å². The van der Waals surface area contributed by atoms with Crippen LogP contribution >= 0.6 is 0 Å². The highest BCUT2D eigenvalue weighted by molar-refractivity contribution is 5.78. The molecule has 0 bridgehead atoms. The largest absolute Gasteiger partial charge is 0.391 e. The van der Waals surface area contributed by atoms with Crippen molar-refractivity contribution in [2.45, 2.75) is 45.8 Å². The highest BCUT2D eigenvalue weighted by Crippen LogP contribution is 2.07. The Kier molecular flexibility index (Phi) is 5.72. The van der Waals surface area contributed by atoms with Crippen molar-refractivity contribution in [1.29, 1.82) is 0 Å². The van der Waals surface area contributed by atoms with E-state index in [1.165, 1.54) is 0 Å². The van der Waals surface area contributed by atoms with E-state index >= 15 is 0 Å². The van der Waals surface area contributed by atoms with Crippen molar-refractivity contribution in [2.24, 2.45) is 0 Å². The number of carbonyl (C=O) groups excluding carboxylic acids is 1. The third-order valence-corrected chi connectivity index (χ3v) is 2.22. The van der Waals surface area contributed by atoms with Crippen molar-refractivity contribution >= 4 is 5.91 Å². The number of amides is 1. The van der Waals surface area contributed by atoms with Gasteiger partial charge in [-0.15, -0.1) is 0 Å². The molecule has 3 N–H and O–H groups in total. The van der Waals surface area contributed by atoms with E-state index in [1.807, 2.05) is 6.92 Å². The summed E-state index contributed by atoms with van der Waals surface area (Å²) >= 11 is 0. The fraction of sp³-hybridized carbons (Fsp3) is 0.900. The standard InChI is InChI=1S/C10H22N2O2/c1-5-6-11-7-9(14)12-10(3,4)8(2)13/h8,11,13H,5-7H2,1-4H3,(H,12,14). The molecule has 0 aromatic rings. The van der Waals surface area contributed by atoms with Crippen LogP contribution in [0.15, 0.2) is 0 Å². The molecule has 14 heavy (non-hydrogen) atoms. The summed E-state index contributed by atoms with van der Waals surface area (Å²) in [5.74, 6) is -0.0793. The molecule has 4 heteroatoms. The second kappa shape index (κ2) is 5.98. The molecule has 84 valence electrons. The Balaban J connectivity index is 3.82. The lowest BCUT2D eigenvalue weighted by Crippen LogP contribution is -2.53. The highest BCUT2D eigenvalue weighted by atomic mass is 16.3. The van der Waals surface area contributed by atoms with E-state index in [0.29, 0.717) is 6.54 Å². The first kappa shape index (κ1) is 13.4. The summed E-state index contributed by atoms with van der Waals surface area (Å²) in [5, 5.41) is 15.1.